The van der Waals surface area contributed by atoms with Gasteiger partial charge in [0.15, 0.2) is 0 Å². The van der Waals surface area contributed by atoms with Crippen LogP contribution in [0.2, 0.25) is 0 Å². The molecule has 0 atom stereocenters. The standard InChI is InChI=1S/C4H8O2.H4O7P2/c1-2-3-4(5)6;1-8(2,3)7-9(4,5)6/h2-3H2,1H3,(H,5,6);(H2,1,2,3)(H2,4,5,6). The van der Waals surface area contributed by atoms with E-state index in [9.17, 15) is 13.9 Å². The highest BCUT2D eigenvalue weighted by atomic mass is 31.3. The van der Waals surface area contributed by atoms with Crippen LogP contribution in [0.1, 0.15) is 19.8 Å². The first kappa shape index (κ1) is 17.1. The SMILES string of the molecule is CCCC(=O)O.O=P(O)(O)OP(=O)(O)O. The number of carbonyl (C=O) groups is 1. The highest BCUT2D eigenvalue weighted by Gasteiger charge is 2.27. The predicted molar refractivity (Wildman–Crippen MR) is 47.7 cm³/mol. The maximum absolute atomic E-state index is 9.63. The van der Waals surface area contributed by atoms with Crippen LogP contribution in [0, 0.1) is 0 Å². The molecule has 0 fully saturated rings. The van der Waals surface area contributed by atoms with Gasteiger partial charge in [0.1, 0.15) is 0 Å². The first-order valence-electron chi connectivity index (χ1n) is 3.52. The molecule has 0 aromatic heterocycles. The Bertz CT molecular complexity index is 254. The zero-order valence-electron chi connectivity index (χ0n) is 7.68. The van der Waals surface area contributed by atoms with E-state index in [1.54, 1.807) is 0 Å². The van der Waals surface area contributed by atoms with Crippen LogP contribution >= 0.6 is 15.6 Å². The molecule has 0 spiro atoms. The van der Waals surface area contributed by atoms with E-state index in [0.717, 1.165) is 6.42 Å². The Morgan fingerprint density at radius 3 is 1.47 bits per heavy atom. The summed E-state index contributed by atoms with van der Waals surface area (Å²) in [4.78, 5) is 40.6. The molecule has 11 heteroatoms. The lowest BCUT2D eigenvalue weighted by atomic mass is 10.4. The molecule has 92 valence electrons. The van der Waals surface area contributed by atoms with Gasteiger partial charge in [-0.2, -0.15) is 4.31 Å². The van der Waals surface area contributed by atoms with Crippen molar-refractivity contribution < 1.29 is 42.9 Å². The highest BCUT2D eigenvalue weighted by Crippen LogP contribution is 2.53. The first-order chi connectivity index (χ1) is 6.48. The van der Waals surface area contributed by atoms with Gasteiger partial charge in [-0.05, 0) is 6.42 Å². The molecule has 0 amide bonds. The van der Waals surface area contributed by atoms with Crippen molar-refractivity contribution >= 4 is 21.6 Å². The van der Waals surface area contributed by atoms with E-state index in [4.69, 9.17) is 24.7 Å². The highest BCUT2D eigenvalue weighted by molar-refractivity contribution is 7.60. The molecule has 0 saturated carbocycles. The quantitative estimate of drug-likeness (QED) is 0.442. The molecule has 0 radical (unpaired) electrons. The van der Waals surface area contributed by atoms with E-state index in [2.05, 4.69) is 4.31 Å². The van der Waals surface area contributed by atoms with Crippen molar-refractivity contribution in [2.24, 2.45) is 0 Å². The van der Waals surface area contributed by atoms with Gasteiger partial charge in [0.25, 0.3) is 0 Å². The Kier molecular flexibility index (Phi) is 8.09. The minimum absolute atomic E-state index is 0.292. The van der Waals surface area contributed by atoms with Gasteiger partial charge in [-0.25, -0.2) is 9.13 Å². The molecule has 0 aliphatic carbocycles. The van der Waals surface area contributed by atoms with Gasteiger partial charge in [0.05, 0.1) is 0 Å². The van der Waals surface area contributed by atoms with Crippen LogP contribution in [0.3, 0.4) is 0 Å². The number of hydrogen-bond donors (Lipinski definition) is 5. The van der Waals surface area contributed by atoms with E-state index in [1.165, 1.54) is 0 Å². The van der Waals surface area contributed by atoms with Gasteiger partial charge >= 0.3 is 21.6 Å². The van der Waals surface area contributed by atoms with E-state index in [0.29, 0.717) is 6.42 Å². The summed E-state index contributed by atoms with van der Waals surface area (Å²) in [5.41, 5.74) is 0. The summed E-state index contributed by atoms with van der Waals surface area (Å²) >= 11 is 0. The van der Waals surface area contributed by atoms with Gasteiger partial charge in [-0.1, -0.05) is 6.92 Å². The Morgan fingerprint density at radius 1 is 1.13 bits per heavy atom. The monoisotopic (exact) mass is 266 g/mol. The molecule has 0 aliphatic rings. The Hall–Kier alpha value is -0.270. The zero-order valence-corrected chi connectivity index (χ0v) is 9.47. The third kappa shape index (κ3) is 24.8. The predicted octanol–water partition coefficient (Wildman–Crippen LogP) is 0.0595. The maximum atomic E-state index is 9.63. The van der Waals surface area contributed by atoms with Crippen molar-refractivity contribution in [2.75, 3.05) is 0 Å². The third-order valence-corrected chi connectivity index (χ3v) is 2.38. The van der Waals surface area contributed by atoms with Crippen molar-refractivity contribution in [3.63, 3.8) is 0 Å². The summed E-state index contributed by atoms with van der Waals surface area (Å²) in [5.74, 6) is -0.711. The second-order valence-electron chi connectivity index (χ2n) is 2.21. The fraction of sp³-hybridized carbons (Fsp3) is 0.750. The number of carboxylic acid groups (broad SMARTS) is 1. The van der Waals surface area contributed by atoms with Crippen LogP contribution in [-0.4, -0.2) is 30.6 Å². The molecule has 0 saturated heterocycles. The number of carboxylic acids is 1. The Labute approximate surface area is 85.2 Å². The minimum atomic E-state index is -5.05. The normalized spacial score (nSPS) is 11.5. The summed E-state index contributed by atoms with van der Waals surface area (Å²) in [6.45, 7) is 1.84. The smallest absolute Gasteiger partial charge is 0.478 e. The van der Waals surface area contributed by atoms with Crippen molar-refractivity contribution in [3.05, 3.63) is 0 Å². The zero-order chi connectivity index (χ0) is 12.7. The minimum Gasteiger partial charge on any atom is -0.481 e. The first-order valence-corrected chi connectivity index (χ1v) is 6.58. The van der Waals surface area contributed by atoms with Crippen LogP contribution in [0.5, 0.6) is 0 Å². The van der Waals surface area contributed by atoms with Gasteiger partial charge < -0.3 is 24.7 Å². The molecule has 0 rings (SSSR count). The van der Waals surface area contributed by atoms with Crippen LogP contribution in [0.4, 0.5) is 0 Å². The number of rotatable bonds is 4. The summed E-state index contributed by atoms with van der Waals surface area (Å²) in [7, 11) is -10.1. The summed E-state index contributed by atoms with van der Waals surface area (Å²) in [6.07, 6.45) is 1.02. The number of hydrogen-bond acceptors (Lipinski definition) is 4. The van der Waals surface area contributed by atoms with Crippen LogP contribution in [-0.2, 0) is 18.2 Å². The van der Waals surface area contributed by atoms with Crippen molar-refractivity contribution in [3.8, 4) is 0 Å². The topological polar surface area (TPSA) is 162 Å². The molecular weight excluding hydrogens is 254 g/mol. The average molecular weight is 266 g/mol. The van der Waals surface area contributed by atoms with Crippen molar-refractivity contribution in [1.29, 1.82) is 0 Å². The van der Waals surface area contributed by atoms with Gasteiger partial charge in [-0.15, -0.1) is 0 Å². The molecule has 5 N–H and O–H groups in total. The summed E-state index contributed by atoms with van der Waals surface area (Å²) < 4.78 is 22.2. The van der Waals surface area contributed by atoms with E-state index >= 15 is 0 Å². The van der Waals surface area contributed by atoms with Gasteiger partial charge in [-0.3, -0.25) is 4.79 Å². The van der Waals surface area contributed by atoms with Crippen molar-refractivity contribution in [1.82, 2.24) is 0 Å². The van der Waals surface area contributed by atoms with E-state index in [-0.39, 0.29) is 0 Å². The third-order valence-electron chi connectivity index (χ3n) is 0.677. The number of aliphatic carboxylic acids is 1. The molecule has 15 heavy (non-hydrogen) atoms. The second-order valence-corrected chi connectivity index (χ2v) is 4.82. The molecular formula is C4H12O9P2. The Morgan fingerprint density at radius 2 is 1.47 bits per heavy atom. The molecule has 9 nitrogen and oxygen atoms in total. The molecule has 0 bridgehead atoms. The lowest BCUT2D eigenvalue weighted by molar-refractivity contribution is -0.137. The molecule has 0 unspecified atom stereocenters. The molecule has 0 aliphatic heterocycles. The van der Waals surface area contributed by atoms with E-state index in [1.807, 2.05) is 6.92 Å². The lowest BCUT2D eigenvalue weighted by Gasteiger charge is -2.03. The fourth-order valence-corrected chi connectivity index (χ4v) is 1.46. The molecule has 0 aromatic carbocycles. The van der Waals surface area contributed by atoms with Crippen LogP contribution in [0.25, 0.3) is 0 Å². The maximum Gasteiger partial charge on any atom is 0.478 e. The van der Waals surface area contributed by atoms with Crippen molar-refractivity contribution in [2.45, 2.75) is 19.8 Å². The summed E-state index contributed by atoms with van der Waals surface area (Å²) in [6, 6.07) is 0. The van der Waals surface area contributed by atoms with Gasteiger partial charge in [0, 0.05) is 6.42 Å². The average Bonchev–Trinajstić information content (AvgIpc) is 1.77. The largest absolute Gasteiger partial charge is 0.481 e. The van der Waals surface area contributed by atoms with Crippen LogP contribution in [0.15, 0.2) is 0 Å². The molecule has 0 heterocycles. The van der Waals surface area contributed by atoms with E-state index < -0.39 is 21.6 Å². The molecule has 0 aromatic rings. The summed E-state index contributed by atoms with van der Waals surface area (Å²) in [5, 5.41) is 7.91. The Balaban J connectivity index is 0. The second kappa shape index (κ2) is 7.08. The number of phosphoric acid groups is 2. The van der Waals surface area contributed by atoms with Crippen LogP contribution < -0.4 is 0 Å². The lowest BCUT2D eigenvalue weighted by Crippen LogP contribution is -1.90. The fourth-order valence-electron chi connectivity index (χ4n) is 0.352. The van der Waals surface area contributed by atoms with Gasteiger partial charge in [0.2, 0.25) is 0 Å².